The minimum Gasteiger partial charge on any atom is -0.455 e. The van der Waals surface area contributed by atoms with E-state index in [4.69, 9.17) is 4.74 Å². The number of hydrogen-bond acceptors (Lipinski definition) is 5. The Morgan fingerprint density at radius 2 is 1.83 bits per heavy atom. The second-order valence-corrected chi connectivity index (χ2v) is 7.80. The normalized spacial score (nSPS) is 18.8. The van der Waals surface area contributed by atoms with E-state index < -0.39 is 24.0 Å². The van der Waals surface area contributed by atoms with E-state index in [1.54, 1.807) is 11.8 Å². The maximum Gasteiger partial charge on any atom is 0.321 e. The van der Waals surface area contributed by atoms with E-state index in [1.165, 1.54) is 0 Å². The van der Waals surface area contributed by atoms with Crippen LogP contribution in [0.4, 0.5) is 10.5 Å². The largest absolute Gasteiger partial charge is 0.455 e. The van der Waals surface area contributed by atoms with Crippen molar-refractivity contribution in [1.29, 1.82) is 5.26 Å². The molecule has 1 aromatic carbocycles. The predicted molar refractivity (Wildman–Crippen MR) is 106 cm³/mol. The molecule has 154 valence electrons. The SMILES string of the molecule is C[C@@](C#N)(NC(=O)COC(=O)C1CCN(C(=O)Nc2ccccc2)CC1)C1CC1. The highest BCUT2D eigenvalue weighted by atomic mass is 16.5. The van der Waals surface area contributed by atoms with Crippen molar-refractivity contribution in [2.45, 2.75) is 38.1 Å². The van der Waals surface area contributed by atoms with Crippen LogP contribution < -0.4 is 10.6 Å². The van der Waals surface area contributed by atoms with E-state index in [-0.39, 0.29) is 17.9 Å². The van der Waals surface area contributed by atoms with Crippen LogP contribution in [0.25, 0.3) is 0 Å². The average molecular weight is 398 g/mol. The second kappa shape index (κ2) is 8.95. The smallest absolute Gasteiger partial charge is 0.321 e. The van der Waals surface area contributed by atoms with E-state index >= 15 is 0 Å². The first-order chi connectivity index (χ1) is 13.9. The second-order valence-electron chi connectivity index (χ2n) is 7.80. The Bertz CT molecular complexity index is 795. The first-order valence-electron chi connectivity index (χ1n) is 9.91. The van der Waals surface area contributed by atoms with Gasteiger partial charge in [0.25, 0.3) is 5.91 Å². The summed E-state index contributed by atoms with van der Waals surface area (Å²) in [5, 5.41) is 14.8. The molecule has 2 N–H and O–H groups in total. The molecule has 2 fully saturated rings. The zero-order chi connectivity index (χ0) is 20.9. The number of carbonyl (C=O) groups excluding carboxylic acids is 3. The lowest BCUT2D eigenvalue weighted by molar-refractivity contribution is -0.154. The van der Waals surface area contributed by atoms with Crippen molar-refractivity contribution in [2.24, 2.45) is 11.8 Å². The molecule has 1 heterocycles. The summed E-state index contributed by atoms with van der Waals surface area (Å²) in [5.74, 6) is -1.07. The lowest BCUT2D eigenvalue weighted by Gasteiger charge is -2.31. The molecule has 0 radical (unpaired) electrons. The molecule has 1 saturated heterocycles. The van der Waals surface area contributed by atoms with E-state index in [2.05, 4.69) is 16.7 Å². The van der Waals surface area contributed by atoms with Crippen molar-refractivity contribution < 1.29 is 19.1 Å². The Hall–Kier alpha value is -3.08. The van der Waals surface area contributed by atoms with Crippen LogP contribution in [0.2, 0.25) is 0 Å². The summed E-state index contributed by atoms with van der Waals surface area (Å²) in [5.41, 5.74) is -0.179. The van der Waals surface area contributed by atoms with Crippen molar-refractivity contribution in [1.82, 2.24) is 10.2 Å². The number of amides is 3. The molecule has 0 spiro atoms. The molecule has 1 aliphatic heterocycles. The topological polar surface area (TPSA) is 112 Å². The number of urea groups is 1. The Balaban J connectivity index is 1.39. The summed E-state index contributed by atoms with van der Waals surface area (Å²) in [6, 6.07) is 11.1. The van der Waals surface area contributed by atoms with Crippen LogP contribution in [0.5, 0.6) is 0 Å². The highest BCUT2D eigenvalue weighted by Gasteiger charge is 2.43. The molecule has 1 saturated carbocycles. The van der Waals surface area contributed by atoms with Crippen LogP contribution in [0.15, 0.2) is 30.3 Å². The molecule has 8 nitrogen and oxygen atoms in total. The fourth-order valence-corrected chi connectivity index (χ4v) is 3.50. The first-order valence-corrected chi connectivity index (χ1v) is 9.91. The molecule has 0 bridgehead atoms. The number of piperidine rings is 1. The number of nitrogens with zero attached hydrogens (tertiary/aromatic N) is 2. The number of ether oxygens (including phenoxy) is 1. The lowest BCUT2D eigenvalue weighted by atomic mass is 9.97. The maximum absolute atomic E-state index is 12.3. The van der Waals surface area contributed by atoms with Gasteiger partial charge in [0, 0.05) is 18.8 Å². The number of likely N-dealkylation sites (tertiary alicyclic amines) is 1. The predicted octanol–water partition coefficient (Wildman–Crippen LogP) is 2.28. The van der Waals surface area contributed by atoms with Crippen LogP contribution in [0, 0.1) is 23.2 Å². The third kappa shape index (κ3) is 5.47. The fraction of sp³-hybridized carbons (Fsp3) is 0.524. The molecule has 0 unspecified atom stereocenters. The molecule has 1 aliphatic carbocycles. The number of anilines is 1. The summed E-state index contributed by atoms with van der Waals surface area (Å²) in [6.45, 7) is 2.19. The molecule has 1 atom stereocenters. The maximum atomic E-state index is 12.3. The van der Waals surface area contributed by atoms with Gasteiger partial charge in [-0.1, -0.05) is 18.2 Å². The van der Waals surface area contributed by atoms with Crippen LogP contribution in [-0.4, -0.2) is 48.0 Å². The summed E-state index contributed by atoms with van der Waals surface area (Å²) < 4.78 is 5.15. The number of carbonyl (C=O) groups is 3. The molecule has 0 aromatic heterocycles. The Labute approximate surface area is 170 Å². The Morgan fingerprint density at radius 1 is 1.17 bits per heavy atom. The highest BCUT2D eigenvalue weighted by molar-refractivity contribution is 5.89. The summed E-state index contributed by atoms with van der Waals surface area (Å²) in [4.78, 5) is 38.3. The molecular weight excluding hydrogens is 372 g/mol. The van der Waals surface area contributed by atoms with E-state index in [1.807, 2.05) is 30.3 Å². The van der Waals surface area contributed by atoms with E-state index in [0.29, 0.717) is 25.9 Å². The molecule has 8 heteroatoms. The van der Waals surface area contributed by atoms with Crippen molar-refractivity contribution >= 4 is 23.6 Å². The average Bonchev–Trinajstić information content (AvgIpc) is 3.59. The highest BCUT2D eigenvalue weighted by Crippen LogP contribution is 2.39. The van der Waals surface area contributed by atoms with Gasteiger partial charge in [-0.3, -0.25) is 9.59 Å². The van der Waals surface area contributed by atoms with Crippen LogP contribution in [0.3, 0.4) is 0 Å². The van der Waals surface area contributed by atoms with Crippen LogP contribution in [0.1, 0.15) is 32.6 Å². The minimum atomic E-state index is -0.902. The van der Waals surface area contributed by atoms with Crippen molar-refractivity contribution in [3.63, 3.8) is 0 Å². The number of nitriles is 1. The van der Waals surface area contributed by atoms with Gasteiger partial charge in [-0.15, -0.1) is 0 Å². The summed E-state index contributed by atoms with van der Waals surface area (Å²) in [7, 11) is 0. The number of para-hydroxylation sites is 1. The monoisotopic (exact) mass is 398 g/mol. The van der Waals surface area contributed by atoms with Crippen molar-refractivity contribution in [3.05, 3.63) is 30.3 Å². The van der Waals surface area contributed by atoms with Gasteiger partial charge in [0.1, 0.15) is 5.54 Å². The third-order valence-electron chi connectivity index (χ3n) is 5.51. The van der Waals surface area contributed by atoms with E-state index in [0.717, 1.165) is 18.5 Å². The Kier molecular flexibility index (Phi) is 6.37. The van der Waals surface area contributed by atoms with Gasteiger partial charge in [-0.05, 0) is 50.7 Å². The molecule has 29 heavy (non-hydrogen) atoms. The standard InChI is InChI=1S/C21H26N4O4/c1-21(14-22,16-7-8-16)24-18(26)13-29-19(27)15-9-11-25(12-10-15)20(28)23-17-5-3-2-4-6-17/h2-6,15-16H,7-13H2,1H3,(H,23,28)(H,24,26)/t21-/m0/s1. The number of nitrogens with one attached hydrogen (secondary N) is 2. The quantitative estimate of drug-likeness (QED) is 0.714. The zero-order valence-corrected chi connectivity index (χ0v) is 16.5. The molecular formula is C21H26N4O4. The summed E-state index contributed by atoms with van der Waals surface area (Å²) >= 11 is 0. The van der Waals surface area contributed by atoms with Crippen molar-refractivity contribution in [3.8, 4) is 6.07 Å². The number of benzene rings is 1. The van der Waals surface area contributed by atoms with Gasteiger partial charge in [0.2, 0.25) is 0 Å². The van der Waals surface area contributed by atoms with Gasteiger partial charge < -0.3 is 20.3 Å². The summed E-state index contributed by atoms with van der Waals surface area (Å²) in [6.07, 6.45) is 2.81. The van der Waals surface area contributed by atoms with Gasteiger partial charge in [0.15, 0.2) is 6.61 Å². The van der Waals surface area contributed by atoms with Gasteiger partial charge in [-0.25, -0.2) is 4.79 Å². The first kappa shape index (κ1) is 20.6. The number of esters is 1. The lowest BCUT2D eigenvalue weighted by Crippen LogP contribution is -2.48. The number of hydrogen-bond donors (Lipinski definition) is 2. The Morgan fingerprint density at radius 3 is 2.41 bits per heavy atom. The fourth-order valence-electron chi connectivity index (χ4n) is 3.50. The van der Waals surface area contributed by atoms with Crippen LogP contribution >= 0.6 is 0 Å². The van der Waals surface area contributed by atoms with Crippen molar-refractivity contribution in [2.75, 3.05) is 25.0 Å². The van der Waals surface area contributed by atoms with Gasteiger partial charge >= 0.3 is 12.0 Å². The third-order valence-corrected chi connectivity index (χ3v) is 5.51. The molecule has 3 rings (SSSR count). The van der Waals surface area contributed by atoms with Gasteiger partial charge in [0.05, 0.1) is 12.0 Å². The van der Waals surface area contributed by atoms with E-state index in [9.17, 15) is 19.6 Å². The zero-order valence-electron chi connectivity index (χ0n) is 16.5. The molecule has 2 aliphatic rings. The number of rotatable bonds is 6. The molecule has 3 amide bonds. The van der Waals surface area contributed by atoms with Gasteiger partial charge in [-0.2, -0.15) is 5.26 Å². The van der Waals surface area contributed by atoms with Crippen LogP contribution in [-0.2, 0) is 14.3 Å². The minimum absolute atomic E-state index is 0.165. The molecule has 1 aromatic rings.